The van der Waals surface area contributed by atoms with Crippen molar-refractivity contribution < 1.29 is 23.7 Å². The summed E-state index contributed by atoms with van der Waals surface area (Å²) >= 11 is 1.31. The number of amides is 1. The Morgan fingerprint density at radius 3 is 2.17 bits per heavy atom. The molecule has 248 valence electrons. The van der Waals surface area contributed by atoms with Gasteiger partial charge >= 0.3 is 0 Å². The number of methoxy groups -OCH3 is 4. The van der Waals surface area contributed by atoms with Gasteiger partial charge in [-0.15, -0.1) is 5.10 Å². The number of ether oxygens (including phenoxy) is 4. The van der Waals surface area contributed by atoms with E-state index in [0.717, 1.165) is 51.9 Å². The molecular formula is C38H40N4O5S. The van der Waals surface area contributed by atoms with Crippen molar-refractivity contribution in [1.29, 1.82) is 0 Å². The van der Waals surface area contributed by atoms with Crippen molar-refractivity contribution >= 4 is 17.4 Å². The van der Waals surface area contributed by atoms with Crippen LogP contribution in [0.5, 0.6) is 23.0 Å². The molecule has 0 fully saturated rings. The lowest BCUT2D eigenvalue weighted by Crippen LogP contribution is -2.58. The first-order chi connectivity index (χ1) is 23.4. The molecule has 2 unspecified atom stereocenters. The lowest BCUT2D eigenvalue weighted by molar-refractivity contribution is -0.133. The third kappa shape index (κ3) is 6.33. The van der Waals surface area contributed by atoms with E-state index < -0.39 is 11.4 Å². The molecule has 0 bridgehead atoms. The molecule has 0 radical (unpaired) electrons. The molecular weight excluding hydrogens is 625 g/mol. The summed E-state index contributed by atoms with van der Waals surface area (Å²) in [6.45, 7) is 0.623. The number of carbonyl (C=O) groups excluding carboxylic acids is 1. The minimum Gasteiger partial charge on any atom is -0.493 e. The molecule has 48 heavy (non-hydrogen) atoms. The number of nitrogens with two attached hydrogens (primary N) is 1. The fourth-order valence-electron chi connectivity index (χ4n) is 6.97. The smallest absolute Gasteiger partial charge is 0.242 e. The van der Waals surface area contributed by atoms with Crippen LogP contribution in [0.1, 0.15) is 40.3 Å². The summed E-state index contributed by atoms with van der Waals surface area (Å²) in [5, 5.41) is 6.14. The molecule has 2 atom stereocenters. The minimum absolute atomic E-state index is 0.270. The lowest BCUT2D eigenvalue weighted by Gasteiger charge is -2.46. The van der Waals surface area contributed by atoms with E-state index in [1.54, 1.807) is 28.4 Å². The summed E-state index contributed by atoms with van der Waals surface area (Å²) < 4.78 is 26.8. The topological polar surface area (TPSA) is 109 Å². The van der Waals surface area contributed by atoms with Crippen LogP contribution in [-0.2, 0) is 29.6 Å². The summed E-state index contributed by atoms with van der Waals surface area (Å²) in [6.07, 6.45) is 2.55. The number of hydrogen-bond acceptors (Lipinski definition) is 9. The van der Waals surface area contributed by atoms with E-state index in [9.17, 15) is 4.79 Å². The van der Waals surface area contributed by atoms with Crippen molar-refractivity contribution in [3.8, 4) is 34.3 Å². The van der Waals surface area contributed by atoms with Crippen LogP contribution < -0.4 is 24.7 Å². The highest BCUT2D eigenvalue weighted by Gasteiger charge is 2.48. The van der Waals surface area contributed by atoms with Crippen LogP contribution in [0.25, 0.3) is 11.3 Å². The Hall–Kier alpha value is -4.93. The third-order valence-electron chi connectivity index (χ3n) is 9.32. The molecule has 1 aromatic heterocycles. The molecule has 0 aliphatic carbocycles. The van der Waals surface area contributed by atoms with Crippen LogP contribution in [0.4, 0.5) is 0 Å². The van der Waals surface area contributed by atoms with E-state index in [1.807, 2.05) is 66.0 Å². The molecule has 0 saturated heterocycles. The third-order valence-corrected chi connectivity index (χ3v) is 9.83. The second kappa shape index (κ2) is 14.5. The molecule has 9 nitrogen and oxygen atoms in total. The summed E-state index contributed by atoms with van der Waals surface area (Å²) in [6, 6.07) is 27.9. The minimum atomic E-state index is -1.19. The maximum atomic E-state index is 14.3. The SMILES string of the molecule is COc1ccc(CC2c3cc(OC)c(OC)cc3CCCN2C(Cc2ccc(-c3csnn3)cc2)(C(N)=O)c2ccccc2)cc1OC. The average molecular weight is 665 g/mol. The number of rotatable bonds is 12. The Morgan fingerprint density at radius 1 is 0.854 bits per heavy atom. The van der Waals surface area contributed by atoms with Gasteiger partial charge in [-0.2, -0.15) is 0 Å². The van der Waals surface area contributed by atoms with Gasteiger partial charge in [0, 0.05) is 30.0 Å². The molecule has 1 amide bonds. The Labute approximate surface area is 285 Å². The largest absolute Gasteiger partial charge is 0.493 e. The van der Waals surface area contributed by atoms with Crippen molar-refractivity contribution in [2.24, 2.45) is 5.73 Å². The van der Waals surface area contributed by atoms with Crippen LogP contribution in [0.2, 0.25) is 0 Å². The molecule has 0 spiro atoms. The van der Waals surface area contributed by atoms with Gasteiger partial charge < -0.3 is 24.7 Å². The lowest BCUT2D eigenvalue weighted by atomic mass is 9.78. The normalized spacial score (nSPS) is 15.9. The zero-order chi connectivity index (χ0) is 33.7. The van der Waals surface area contributed by atoms with E-state index in [4.69, 9.17) is 24.7 Å². The zero-order valence-electron chi connectivity index (χ0n) is 27.6. The van der Waals surface area contributed by atoms with Gasteiger partial charge in [-0.1, -0.05) is 65.2 Å². The summed E-state index contributed by atoms with van der Waals surface area (Å²) in [7, 11) is 6.56. The van der Waals surface area contributed by atoms with Crippen LogP contribution in [0.15, 0.2) is 90.3 Å². The predicted octanol–water partition coefficient (Wildman–Crippen LogP) is 6.40. The second-order valence-corrected chi connectivity index (χ2v) is 12.5. The molecule has 5 aromatic rings. The van der Waals surface area contributed by atoms with Gasteiger partial charge in [-0.25, -0.2) is 0 Å². The average Bonchev–Trinajstić information content (AvgIpc) is 3.61. The predicted molar refractivity (Wildman–Crippen MR) is 187 cm³/mol. The second-order valence-electron chi connectivity index (χ2n) is 11.9. The van der Waals surface area contributed by atoms with Gasteiger partial charge in [0.05, 0.1) is 28.4 Å². The van der Waals surface area contributed by atoms with E-state index in [2.05, 4.69) is 38.8 Å². The van der Waals surface area contributed by atoms with Crippen molar-refractivity contribution in [2.75, 3.05) is 35.0 Å². The van der Waals surface area contributed by atoms with Crippen molar-refractivity contribution in [1.82, 2.24) is 14.5 Å². The van der Waals surface area contributed by atoms with Gasteiger partial charge in [-0.05, 0) is 82.9 Å². The van der Waals surface area contributed by atoms with Gasteiger partial charge in [-0.3, -0.25) is 9.69 Å². The highest BCUT2D eigenvalue weighted by Crippen LogP contribution is 2.46. The fourth-order valence-corrected chi connectivity index (χ4v) is 7.43. The van der Waals surface area contributed by atoms with E-state index in [0.29, 0.717) is 42.4 Å². The zero-order valence-corrected chi connectivity index (χ0v) is 28.5. The number of fused-ring (bicyclic) bond motifs is 1. The van der Waals surface area contributed by atoms with Crippen molar-refractivity contribution in [3.63, 3.8) is 0 Å². The monoisotopic (exact) mass is 664 g/mol. The molecule has 6 rings (SSSR count). The number of benzene rings is 4. The number of aryl methyl sites for hydroxylation is 1. The summed E-state index contributed by atoms with van der Waals surface area (Å²) in [5.41, 5.74) is 12.3. The van der Waals surface area contributed by atoms with Crippen LogP contribution in [0.3, 0.4) is 0 Å². The first-order valence-corrected chi connectivity index (χ1v) is 16.7. The first kappa shape index (κ1) is 33.0. The molecule has 4 aromatic carbocycles. The van der Waals surface area contributed by atoms with Gasteiger partial charge in [0.1, 0.15) is 11.2 Å². The van der Waals surface area contributed by atoms with E-state index in [1.165, 1.54) is 11.5 Å². The van der Waals surface area contributed by atoms with Crippen molar-refractivity contribution in [3.05, 3.63) is 118 Å². The number of hydrogen-bond donors (Lipinski definition) is 1. The number of carbonyl (C=O) groups is 1. The highest BCUT2D eigenvalue weighted by molar-refractivity contribution is 7.03. The van der Waals surface area contributed by atoms with Gasteiger partial charge in [0.25, 0.3) is 0 Å². The quantitative estimate of drug-likeness (QED) is 0.163. The van der Waals surface area contributed by atoms with Gasteiger partial charge in [0.2, 0.25) is 5.91 Å². The van der Waals surface area contributed by atoms with Crippen molar-refractivity contribution in [2.45, 2.75) is 37.3 Å². The molecule has 10 heteroatoms. The van der Waals surface area contributed by atoms with Crippen LogP contribution >= 0.6 is 11.5 Å². The number of nitrogens with zero attached hydrogens (tertiary/aromatic N) is 3. The Balaban J connectivity index is 1.54. The van der Waals surface area contributed by atoms with Crippen LogP contribution in [0, 0.1) is 0 Å². The Bertz CT molecular complexity index is 1850. The maximum Gasteiger partial charge on any atom is 0.242 e. The number of primary amides is 1. The standard InChI is InChI=1S/C38H40N4O5S/c1-44-33-17-14-26(20-34(33)45-2)19-32-30-22-36(47-4)35(46-3)21-28(30)9-8-18-42(32)38(37(39)43,29-10-6-5-7-11-29)23-25-12-15-27(16-13-25)31-24-48-41-40-31/h5-7,10-17,20-22,24,32H,8-9,18-19,23H2,1-4H3,(H2,39,43). The van der Waals surface area contributed by atoms with Crippen LogP contribution in [-0.4, -0.2) is 55.4 Å². The molecule has 2 heterocycles. The molecule has 1 aliphatic heterocycles. The fraction of sp³-hybridized carbons (Fsp3) is 0.289. The summed E-state index contributed by atoms with van der Waals surface area (Å²) in [4.78, 5) is 16.6. The Kier molecular flexibility index (Phi) is 9.93. The molecule has 1 aliphatic rings. The summed E-state index contributed by atoms with van der Waals surface area (Å²) in [5.74, 6) is 2.18. The molecule has 0 saturated carbocycles. The molecule has 2 N–H and O–H groups in total. The first-order valence-electron chi connectivity index (χ1n) is 15.9. The van der Waals surface area contributed by atoms with E-state index >= 15 is 0 Å². The van der Waals surface area contributed by atoms with Gasteiger partial charge in [0.15, 0.2) is 23.0 Å². The highest BCUT2D eigenvalue weighted by atomic mass is 32.1. The maximum absolute atomic E-state index is 14.3. The number of aromatic nitrogens is 2. The Morgan fingerprint density at radius 2 is 1.52 bits per heavy atom. The van der Waals surface area contributed by atoms with E-state index in [-0.39, 0.29) is 6.04 Å².